The zero-order valence-electron chi connectivity index (χ0n) is 12.4. The van der Waals surface area contributed by atoms with E-state index in [0.717, 1.165) is 25.7 Å². The van der Waals surface area contributed by atoms with Crippen molar-refractivity contribution in [3.05, 3.63) is 0 Å². The summed E-state index contributed by atoms with van der Waals surface area (Å²) in [5.74, 6) is -1.40. The van der Waals surface area contributed by atoms with Crippen LogP contribution in [0, 0.1) is 5.41 Å². The Morgan fingerprint density at radius 3 is 2.20 bits per heavy atom. The molecular weight excluding hydrogens is 260 g/mol. The molecule has 1 aliphatic rings. The highest BCUT2D eigenvalue weighted by molar-refractivity contribution is 5.95. The molecule has 0 bridgehead atoms. The van der Waals surface area contributed by atoms with Gasteiger partial charge in [-0.05, 0) is 31.1 Å². The summed E-state index contributed by atoms with van der Waals surface area (Å²) in [5, 5.41) is 13.9. The van der Waals surface area contributed by atoms with E-state index in [1.807, 2.05) is 6.92 Å². The fraction of sp³-hybridized carbons (Fsp3) is 0.786. The monoisotopic (exact) mass is 284 g/mol. The SMILES string of the molecule is CCC1(NC(=O)NC(=O)CC(C)(C)CC(=O)O)CCC1. The Kier molecular flexibility index (Phi) is 5.14. The average molecular weight is 284 g/mol. The molecule has 0 aliphatic heterocycles. The van der Waals surface area contributed by atoms with E-state index in [2.05, 4.69) is 10.6 Å². The molecule has 0 unspecified atom stereocenters. The molecule has 1 aliphatic carbocycles. The van der Waals surface area contributed by atoms with Crippen LogP contribution in [0.2, 0.25) is 0 Å². The number of hydrogen-bond acceptors (Lipinski definition) is 3. The first kappa shape index (κ1) is 16.5. The molecule has 0 atom stereocenters. The van der Waals surface area contributed by atoms with E-state index in [1.54, 1.807) is 13.8 Å². The molecule has 1 saturated carbocycles. The van der Waals surface area contributed by atoms with E-state index >= 15 is 0 Å². The molecular formula is C14H24N2O4. The largest absolute Gasteiger partial charge is 0.481 e. The molecule has 0 aromatic heterocycles. The van der Waals surface area contributed by atoms with Crippen molar-refractivity contribution >= 4 is 17.9 Å². The summed E-state index contributed by atoms with van der Waals surface area (Å²) in [4.78, 5) is 34.2. The molecule has 0 aromatic carbocycles. The first-order valence-corrected chi connectivity index (χ1v) is 7.02. The molecule has 0 saturated heterocycles. The molecule has 0 heterocycles. The van der Waals surface area contributed by atoms with Gasteiger partial charge < -0.3 is 10.4 Å². The summed E-state index contributed by atoms with van der Waals surface area (Å²) in [7, 11) is 0. The van der Waals surface area contributed by atoms with Crippen molar-refractivity contribution < 1.29 is 19.5 Å². The topological polar surface area (TPSA) is 95.5 Å². The van der Waals surface area contributed by atoms with E-state index in [1.165, 1.54) is 0 Å². The summed E-state index contributed by atoms with van der Waals surface area (Å²) in [6.45, 7) is 5.40. The van der Waals surface area contributed by atoms with Gasteiger partial charge in [-0.3, -0.25) is 14.9 Å². The highest BCUT2D eigenvalue weighted by atomic mass is 16.4. The van der Waals surface area contributed by atoms with Crippen molar-refractivity contribution in [1.29, 1.82) is 0 Å². The van der Waals surface area contributed by atoms with Gasteiger partial charge in [-0.15, -0.1) is 0 Å². The third-order valence-corrected chi connectivity index (χ3v) is 3.89. The molecule has 1 rings (SSSR count). The lowest BCUT2D eigenvalue weighted by molar-refractivity contribution is -0.139. The van der Waals surface area contributed by atoms with Crippen LogP contribution in [-0.2, 0) is 9.59 Å². The smallest absolute Gasteiger partial charge is 0.321 e. The molecule has 6 heteroatoms. The second-order valence-corrected chi connectivity index (χ2v) is 6.40. The van der Waals surface area contributed by atoms with Crippen LogP contribution >= 0.6 is 0 Å². The summed E-state index contributed by atoms with van der Waals surface area (Å²) < 4.78 is 0. The normalized spacial score (nSPS) is 16.9. The van der Waals surface area contributed by atoms with E-state index in [-0.39, 0.29) is 18.4 Å². The molecule has 6 nitrogen and oxygen atoms in total. The number of hydrogen-bond donors (Lipinski definition) is 3. The maximum Gasteiger partial charge on any atom is 0.321 e. The van der Waals surface area contributed by atoms with Crippen molar-refractivity contribution in [3.8, 4) is 0 Å². The first-order valence-electron chi connectivity index (χ1n) is 7.02. The third-order valence-electron chi connectivity index (χ3n) is 3.89. The predicted octanol–water partition coefficient (Wildman–Crippen LogP) is 2.04. The van der Waals surface area contributed by atoms with Crippen molar-refractivity contribution in [2.45, 2.75) is 64.8 Å². The fourth-order valence-electron chi connectivity index (χ4n) is 2.52. The third kappa shape index (κ3) is 4.83. The minimum absolute atomic E-state index is 0.00580. The fourth-order valence-corrected chi connectivity index (χ4v) is 2.52. The van der Waals surface area contributed by atoms with E-state index in [4.69, 9.17) is 5.11 Å². The van der Waals surface area contributed by atoms with Crippen LogP contribution in [0.3, 0.4) is 0 Å². The quantitative estimate of drug-likeness (QED) is 0.695. The Hall–Kier alpha value is -1.59. The summed E-state index contributed by atoms with van der Waals surface area (Å²) in [6, 6.07) is -0.484. The van der Waals surface area contributed by atoms with Crippen molar-refractivity contribution in [1.82, 2.24) is 10.6 Å². The Balaban J connectivity index is 2.42. The molecule has 20 heavy (non-hydrogen) atoms. The summed E-state index contributed by atoms with van der Waals surface area (Å²) >= 11 is 0. The number of carbonyl (C=O) groups is 3. The van der Waals surface area contributed by atoms with Gasteiger partial charge in [0.1, 0.15) is 0 Å². The minimum Gasteiger partial charge on any atom is -0.481 e. The van der Waals surface area contributed by atoms with Crippen LogP contribution in [0.1, 0.15) is 59.3 Å². The Labute approximate surface area is 119 Å². The molecule has 1 fully saturated rings. The second kappa shape index (κ2) is 6.24. The number of amides is 3. The minimum atomic E-state index is -0.952. The Morgan fingerprint density at radius 2 is 1.80 bits per heavy atom. The van der Waals surface area contributed by atoms with E-state index in [9.17, 15) is 14.4 Å². The summed E-state index contributed by atoms with van der Waals surface area (Å²) in [6.07, 6.45) is 3.71. The second-order valence-electron chi connectivity index (χ2n) is 6.40. The number of carboxylic acids is 1. The molecule has 0 aromatic rings. The van der Waals surface area contributed by atoms with Crippen molar-refractivity contribution in [2.75, 3.05) is 0 Å². The number of carboxylic acid groups (broad SMARTS) is 1. The average Bonchev–Trinajstić information content (AvgIpc) is 2.19. The van der Waals surface area contributed by atoms with E-state index in [0.29, 0.717) is 0 Å². The standard InChI is InChI=1S/C14H24N2O4/c1-4-14(6-5-7-14)16-12(20)15-10(17)8-13(2,3)9-11(18)19/h4-9H2,1-3H3,(H,18,19)(H2,15,16,17,20). The van der Waals surface area contributed by atoms with Gasteiger partial charge in [0.2, 0.25) is 5.91 Å². The van der Waals surface area contributed by atoms with Gasteiger partial charge in [0.15, 0.2) is 0 Å². The lowest BCUT2D eigenvalue weighted by Crippen LogP contribution is -2.56. The number of nitrogens with one attached hydrogen (secondary N) is 2. The lowest BCUT2D eigenvalue weighted by atomic mass is 9.75. The van der Waals surface area contributed by atoms with Crippen molar-refractivity contribution in [3.63, 3.8) is 0 Å². The predicted molar refractivity (Wildman–Crippen MR) is 74.2 cm³/mol. The number of rotatable bonds is 6. The number of imide groups is 1. The number of urea groups is 1. The molecule has 0 radical (unpaired) electrons. The van der Waals surface area contributed by atoms with Gasteiger partial charge in [-0.1, -0.05) is 20.8 Å². The van der Waals surface area contributed by atoms with Crippen LogP contribution in [0.25, 0.3) is 0 Å². The summed E-state index contributed by atoms with van der Waals surface area (Å²) in [5.41, 5.74) is -0.837. The van der Waals surface area contributed by atoms with Crippen LogP contribution in [-0.4, -0.2) is 28.6 Å². The molecule has 0 spiro atoms. The van der Waals surface area contributed by atoms with Crippen LogP contribution < -0.4 is 10.6 Å². The van der Waals surface area contributed by atoms with Gasteiger partial charge in [0, 0.05) is 12.0 Å². The Morgan fingerprint density at radius 1 is 1.20 bits per heavy atom. The number of aliphatic carboxylic acids is 1. The van der Waals surface area contributed by atoms with Gasteiger partial charge in [-0.25, -0.2) is 4.79 Å². The van der Waals surface area contributed by atoms with E-state index < -0.39 is 23.3 Å². The highest BCUT2D eigenvalue weighted by Gasteiger charge is 2.37. The maximum atomic E-state index is 11.8. The van der Waals surface area contributed by atoms with Crippen LogP contribution in [0.15, 0.2) is 0 Å². The highest BCUT2D eigenvalue weighted by Crippen LogP contribution is 2.34. The van der Waals surface area contributed by atoms with Gasteiger partial charge >= 0.3 is 12.0 Å². The van der Waals surface area contributed by atoms with Crippen LogP contribution in [0.5, 0.6) is 0 Å². The molecule has 3 N–H and O–H groups in total. The first-order chi connectivity index (χ1) is 9.18. The lowest BCUT2D eigenvalue weighted by Gasteiger charge is -2.41. The van der Waals surface area contributed by atoms with Crippen LogP contribution in [0.4, 0.5) is 4.79 Å². The maximum absolute atomic E-state index is 11.8. The van der Waals surface area contributed by atoms with Gasteiger partial charge in [-0.2, -0.15) is 0 Å². The zero-order chi connectivity index (χ0) is 15.4. The zero-order valence-corrected chi connectivity index (χ0v) is 12.4. The molecule has 3 amide bonds. The van der Waals surface area contributed by atoms with Gasteiger partial charge in [0.25, 0.3) is 0 Å². The number of carbonyl (C=O) groups excluding carboxylic acids is 2. The molecule has 114 valence electrons. The Bertz CT molecular complexity index is 394. The van der Waals surface area contributed by atoms with Crippen molar-refractivity contribution in [2.24, 2.45) is 5.41 Å². The van der Waals surface area contributed by atoms with Gasteiger partial charge in [0.05, 0.1) is 6.42 Å².